The van der Waals surface area contributed by atoms with E-state index in [-0.39, 0.29) is 107 Å². The number of aromatic nitrogens is 4. The van der Waals surface area contributed by atoms with E-state index >= 15 is 0 Å². The molecule has 4 aliphatic heterocycles. The summed E-state index contributed by atoms with van der Waals surface area (Å²) in [6, 6.07) is 0. The van der Waals surface area contributed by atoms with Gasteiger partial charge in [-0.25, -0.2) is 4.99 Å². The van der Waals surface area contributed by atoms with Crippen LogP contribution in [0.15, 0.2) is 44.2 Å². The van der Waals surface area contributed by atoms with Gasteiger partial charge in [-0.3, -0.25) is 0 Å². The van der Waals surface area contributed by atoms with Gasteiger partial charge in [0.1, 0.15) is 48.8 Å². The second-order valence-corrected chi connectivity index (χ2v) is 45.6. The second-order valence-electron chi connectivity index (χ2n) is 39.7. The van der Waals surface area contributed by atoms with Gasteiger partial charge in [0.25, 0.3) is 11.5 Å². The van der Waals surface area contributed by atoms with E-state index in [9.17, 15) is 0 Å². The van der Waals surface area contributed by atoms with Crippen molar-refractivity contribution in [3.05, 3.63) is 47.8 Å². The Balaban J connectivity index is 0.0000190. The molecular weight excluding hydrogens is 1830 g/mol. The molecule has 2 aromatic heterocycles. The van der Waals surface area contributed by atoms with Gasteiger partial charge in [-0.2, -0.15) is 9.62 Å². The number of benzene rings is 4. The van der Waals surface area contributed by atoms with Crippen molar-refractivity contribution in [1.82, 2.24) is 14.5 Å². The SMILES string of the molecule is CC[N+](C)(CC)CCSc1c(Cl)c(OCCC(C)C)c2c(c1COCC(C)C)C1=NC2=Nc2c3c(OCCC(C)C)c(SCC[N+](C)(CC)CC)c(Cl)c(OCCC(C)C)c3c3nc4c5c(OCCC(C)C)c(SCC[N+](C)(CC)CC)c(Cl)c(OCCC(C)C)c5c([n+]-4on23)N=c2[n-]c(c3c(OCCC(C)C)c(Cl)c(SCC[N+](C)(CC)CC)c(OCCC(C)C)c23)=N1.[V]. The van der Waals surface area contributed by atoms with Crippen LogP contribution in [-0.2, 0) is 29.9 Å². The minimum Gasteiger partial charge on any atom is -0.492 e. The van der Waals surface area contributed by atoms with Crippen LogP contribution >= 0.6 is 93.5 Å². The molecule has 6 bridgehead atoms. The molecule has 0 amide bonds. The summed E-state index contributed by atoms with van der Waals surface area (Å²) in [4.78, 5) is 39.2. The fraction of sp³-hybridized carbons (Fsp3) is 0.680. The molecule has 0 unspecified atom stereocenters. The molecule has 0 saturated carbocycles. The number of thioether (sulfide) groups is 4. The molecule has 4 aliphatic rings. The summed E-state index contributed by atoms with van der Waals surface area (Å²) in [5.41, 5.74) is 2.62. The molecule has 6 heterocycles. The first-order chi connectivity index (χ1) is 61.3. The molecule has 0 spiro atoms. The van der Waals surface area contributed by atoms with Crippen molar-refractivity contribution in [3.63, 3.8) is 0 Å². The Morgan fingerprint density at radius 3 is 1.08 bits per heavy atom. The summed E-state index contributed by atoms with van der Waals surface area (Å²) in [7, 11) is 9.25. The van der Waals surface area contributed by atoms with E-state index in [1.165, 1.54) is 0 Å². The topological polar surface area (TPSA) is 172 Å². The zero-order valence-electron chi connectivity index (χ0n) is 83.9. The Hall–Kier alpha value is -4.42. The third-order valence-corrected chi connectivity index (χ3v) is 32.5. The summed E-state index contributed by atoms with van der Waals surface area (Å²) >= 11 is 40.2. The zero-order valence-corrected chi connectivity index (χ0v) is 91.6. The molecule has 0 saturated heterocycles. The Morgan fingerprint density at radius 2 is 0.692 bits per heavy atom. The normalized spacial score (nSPS) is 13.4. The van der Waals surface area contributed by atoms with Gasteiger partial charge in [0.2, 0.25) is 5.82 Å². The van der Waals surface area contributed by atoms with Crippen molar-refractivity contribution in [2.45, 2.75) is 237 Å². The van der Waals surface area contributed by atoms with Crippen LogP contribution in [0.25, 0.3) is 43.8 Å². The van der Waals surface area contributed by atoms with Gasteiger partial charge in [-0.1, -0.05) is 167 Å². The van der Waals surface area contributed by atoms with E-state index in [0.717, 1.165) is 120 Å². The average molecular weight is 1990 g/mol. The van der Waals surface area contributed by atoms with E-state index in [1.807, 2.05) is 0 Å². The van der Waals surface area contributed by atoms with Crippen molar-refractivity contribution in [2.75, 3.05) is 183 Å². The monoisotopic (exact) mass is 1990 g/mol. The van der Waals surface area contributed by atoms with Crippen LogP contribution in [0.2, 0.25) is 20.1 Å². The van der Waals surface area contributed by atoms with Crippen LogP contribution in [-0.4, -0.2) is 222 Å². The Morgan fingerprint density at radius 1 is 0.369 bits per heavy atom. The predicted octanol–water partition coefficient (Wildman–Crippen LogP) is 24.6. The quantitative estimate of drug-likeness (QED) is 0.0200. The molecule has 6 aromatic rings. The van der Waals surface area contributed by atoms with Gasteiger partial charge in [0.05, 0.1) is 201 Å². The second kappa shape index (κ2) is 49.2. The van der Waals surface area contributed by atoms with Crippen LogP contribution in [0.3, 0.4) is 0 Å². The molecule has 10 rings (SSSR count). The summed E-state index contributed by atoms with van der Waals surface area (Å²) in [5.74, 6) is 9.15. The summed E-state index contributed by atoms with van der Waals surface area (Å²) in [6.07, 6.45) is 4.98. The molecule has 0 atom stereocenters. The van der Waals surface area contributed by atoms with Gasteiger partial charge >= 0.3 is 0 Å². The Bertz CT molecular complexity index is 5290. The van der Waals surface area contributed by atoms with E-state index in [0.29, 0.717) is 238 Å². The van der Waals surface area contributed by atoms with E-state index < -0.39 is 0 Å². The molecule has 30 heteroatoms. The molecule has 4 aromatic carbocycles. The number of fused-ring (bicyclic) bond motifs is 15. The van der Waals surface area contributed by atoms with Gasteiger partial charge in [0, 0.05) is 85.9 Å². The maximum absolute atomic E-state index is 8.40. The van der Waals surface area contributed by atoms with Crippen LogP contribution in [0.1, 0.15) is 228 Å². The first-order valence-corrected chi connectivity index (χ1v) is 53.7. The van der Waals surface area contributed by atoms with Crippen LogP contribution in [0.4, 0.5) is 11.6 Å². The fourth-order valence-electron chi connectivity index (χ4n) is 15.3. The number of quaternary nitrogens is 4. The van der Waals surface area contributed by atoms with Crippen LogP contribution in [0, 0.1) is 47.3 Å². The molecule has 21 nitrogen and oxygen atoms in total. The number of ether oxygens (including phenoxy) is 8. The molecule has 0 fully saturated rings. The minimum absolute atomic E-state index is 0. The molecule has 130 heavy (non-hydrogen) atoms. The predicted molar refractivity (Wildman–Crippen MR) is 544 cm³/mol. The molecule has 0 N–H and O–H groups in total. The van der Waals surface area contributed by atoms with Crippen molar-refractivity contribution >= 4 is 155 Å². The molecule has 0 aliphatic carbocycles. The van der Waals surface area contributed by atoms with Crippen LogP contribution in [0.5, 0.6) is 40.2 Å². The number of nitrogens with zero attached hydrogens (tertiary/aromatic N) is 12. The molecule has 1 radical (unpaired) electrons. The van der Waals surface area contributed by atoms with Crippen molar-refractivity contribution < 1.29 is 83.8 Å². The minimum atomic E-state index is 0. The molecular formula is C100H156Cl4N12O9S4V+4. The number of amidine groups is 2. The largest absolute Gasteiger partial charge is 0.492 e. The molecule has 723 valence electrons. The van der Waals surface area contributed by atoms with E-state index in [2.05, 4.69) is 194 Å². The van der Waals surface area contributed by atoms with Crippen molar-refractivity contribution in [2.24, 2.45) is 67.3 Å². The summed E-state index contributed by atoms with van der Waals surface area (Å²) in [5, 5.41) is 4.61. The van der Waals surface area contributed by atoms with Crippen molar-refractivity contribution in [1.29, 1.82) is 0 Å². The first kappa shape index (κ1) is 109. The third-order valence-electron chi connectivity index (χ3n) is 26.3. The number of aliphatic imine (C=N–C) groups is 2. The summed E-state index contributed by atoms with van der Waals surface area (Å²) < 4.78 is 74.2. The smallest absolute Gasteiger partial charge is 0.286 e. The first-order valence-electron chi connectivity index (χ1n) is 48.3. The van der Waals surface area contributed by atoms with E-state index in [1.54, 1.807) is 56.4 Å². The average Bonchev–Trinajstić information content (AvgIpc) is 1.53. The zero-order chi connectivity index (χ0) is 94.3. The fourth-order valence-corrected chi connectivity index (χ4v) is 21.9. The number of rotatable bonds is 56. The van der Waals surface area contributed by atoms with Crippen molar-refractivity contribution in [3.8, 4) is 46.1 Å². The number of halogens is 4. The van der Waals surface area contributed by atoms with Gasteiger partial charge in [-0.15, -0.1) is 47.0 Å². The van der Waals surface area contributed by atoms with Gasteiger partial charge < -0.3 is 70.8 Å². The third kappa shape index (κ3) is 25.9. The number of hydrogen-bond donors (Lipinski definition) is 0. The standard InChI is InChI=1S/C100H156Cl4N12O9S4.V/c1-29-113(25,30-2)44-55-126-89-69(60-117-59-68(23)24)70-71(82(78(89)101)118-48-37-61(9)10)95-106-93(70)105-94-72-73(86(122-52-41-65(17)18)90(127-56-45-114(26,31-3)32-4)79(102)83(72)119-49-38-62(11)12)96(107-94)109-97-74-77(88(124-54-43-67(21)22)92(129-58-47-116(28,35-7)36-8)80(103)84(74)120-50-39-63(13)14)100-110-99-75-76(98(108-95)112(99)125-111(97)100)87(123-53-42-66(19)20)91(128-57-46-115(27,33-5)34-6)81(104)85(75)121-51-40-64(15)16;/h61-68H,29-60H2,1-28H3;/q+4;. The maximum Gasteiger partial charge on any atom is 0.286 e. The van der Waals surface area contributed by atoms with Crippen LogP contribution < -0.4 is 53.9 Å². The van der Waals surface area contributed by atoms with Gasteiger partial charge in [-0.05, 0) is 152 Å². The maximum atomic E-state index is 8.40. The Kier molecular flexibility index (Phi) is 41.4. The number of hydrogen-bond acceptors (Lipinski definition) is 18. The summed E-state index contributed by atoms with van der Waals surface area (Å²) in [6.45, 7) is 67.0. The Labute approximate surface area is 827 Å². The van der Waals surface area contributed by atoms with Gasteiger partial charge in [0.15, 0.2) is 28.9 Å². The van der Waals surface area contributed by atoms with E-state index in [4.69, 9.17) is 119 Å².